The first-order chi connectivity index (χ1) is 7.74. The summed E-state index contributed by atoms with van der Waals surface area (Å²) < 4.78 is 5.61. The van der Waals surface area contributed by atoms with Gasteiger partial charge in [-0.1, -0.05) is 6.92 Å². The van der Waals surface area contributed by atoms with E-state index < -0.39 is 0 Å². The van der Waals surface area contributed by atoms with E-state index in [1.54, 1.807) is 11.3 Å². The molecule has 1 unspecified atom stereocenters. The molecule has 2 heterocycles. The van der Waals surface area contributed by atoms with Crippen LogP contribution < -0.4 is 5.32 Å². The summed E-state index contributed by atoms with van der Waals surface area (Å²) in [6.45, 7) is 4.13. The molecule has 0 aliphatic rings. The largest absolute Gasteiger partial charge is 0.418 e. The maximum atomic E-state index is 5.61. The van der Waals surface area contributed by atoms with Gasteiger partial charge < -0.3 is 9.73 Å². The molecule has 0 radical (unpaired) electrons. The molecular formula is C11H15N3OS. The minimum Gasteiger partial charge on any atom is -0.418 e. The zero-order valence-corrected chi connectivity index (χ0v) is 10.5. The normalized spacial score (nSPS) is 12.9. The molecule has 1 N–H and O–H groups in total. The van der Waals surface area contributed by atoms with E-state index in [2.05, 4.69) is 28.5 Å². The Kier molecular flexibility index (Phi) is 3.36. The van der Waals surface area contributed by atoms with Crippen molar-refractivity contribution >= 4 is 11.3 Å². The van der Waals surface area contributed by atoms with Crippen LogP contribution in [0.5, 0.6) is 0 Å². The Morgan fingerprint density at radius 3 is 2.88 bits per heavy atom. The minimum absolute atomic E-state index is 0.0897. The van der Waals surface area contributed by atoms with Gasteiger partial charge in [-0.15, -0.1) is 21.5 Å². The molecule has 2 aromatic heterocycles. The second kappa shape index (κ2) is 4.76. The first-order valence-corrected chi connectivity index (χ1v) is 6.16. The predicted molar refractivity (Wildman–Crippen MR) is 64.5 cm³/mol. The number of nitrogens with zero attached hydrogens (tertiary/aromatic N) is 2. The minimum atomic E-state index is 0.0897. The second-order valence-corrected chi connectivity index (χ2v) is 4.74. The van der Waals surface area contributed by atoms with Crippen LogP contribution in [0, 0.1) is 0 Å². The molecule has 2 aromatic rings. The fraction of sp³-hybridized carbons (Fsp3) is 0.455. The second-order valence-electron chi connectivity index (χ2n) is 3.58. The lowest BCUT2D eigenvalue weighted by molar-refractivity contribution is 0.442. The monoisotopic (exact) mass is 237 g/mol. The zero-order valence-electron chi connectivity index (χ0n) is 9.65. The van der Waals surface area contributed by atoms with Gasteiger partial charge in [0.15, 0.2) is 0 Å². The average molecular weight is 237 g/mol. The van der Waals surface area contributed by atoms with Crippen LogP contribution in [0.1, 0.15) is 30.7 Å². The van der Waals surface area contributed by atoms with Crippen molar-refractivity contribution in [3.05, 3.63) is 22.9 Å². The quantitative estimate of drug-likeness (QED) is 0.888. The number of aryl methyl sites for hydroxylation is 1. The number of thiophene rings is 1. The van der Waals surface area contributed by atoms with Crippen LogP contribution in [0.4, 0.5) is 0 Å². The van der Waals surface area contributed by atoms with Gasteiger partial charge in [-0.2, -0.15) is 0 Å². The average Bonchev–Trinajstić information content (AvgIpc) is 2.95. The van der Waals surface area contributed by atoms with Crippen LogP contribution in [0.15, 0.2) is 16.5 Å². The van der Waals surface area contributed by atoms with Gasteiger partial charge in [0, 0.05) is 4.88 Å². The highest BCUT2D eigenvalue weighted by molar-refractivity contribution is 7.15. The van der Waals surface area contributed by atoms with Gasteiger partial charge in [-0.3, -0.25) is 0 Å². The molecular weight excluding hydrogens is 222 g/mol. The van der Waals surface area contributed by atoms with E-state index in [1.807, 2.05) is 20.0 Å². The number of aromatic nitrogens is 2. The first-order valence-electron chi connectivity index (χ1n) is 5.34. The van der Waals surface area contributed by atoms with Crippen LogP contribution in [0.3, 0.4) is 0 Å². The summed E-state index contributed by atoms with van der Waals surface area (Å²) in [4.78, 5) is 2.37. The third kappa shape index (κ3) is 2.15. The summed E-state index contributed by atoms with van der Waals surface area (Å²) in [5, 5.41) is 11.2. The fourth-order valence-corrected chi connectivity index (χ4v) is 2.18. The van der Waals surface area contributed by atoms with Crippen molar-refractivity contribution < 1.29 is 4.42 Å². The molecule has 0 saturated carbocycles. The van der Waals surface area contributed by atoms with E-state index in [0.29, 0.717) is 11.8 Å². The Bertz CT molecular complexity index is 463. The summed E-state index contributed by atoms with van der Waals surface area (Å²) in [7, 11) is 1.87. The number of hydrogen-bond acceptors (Lipinski definition) is 5. The van der Waals surface area contributed by atoms with Crippen molar-refractivity contribution in [2.45, 2.75) is 26.3 Å². The molecule has 0 aromatic carbocycles. The van der Waals surface area contributed by atoms with Crippen LogP contribution in [0.25, 0.3) is 10.8 Å². The predicted octanol–water partition coefficient (Wildman–Crippen LogP) is 2.64. The SMILES string of the molecule is CCc1ccc(-c2nnc(C(C)NC)o2)s1. The third-order valence-electron chi connectivity index (χ3n) is 2.46. The molecule has 86 valence electrons. The summed E-state index contributed by atoms with van der Waals surface area (Å²) in [5.41, 5.74) is 0. The molecule has 0 bridgehead atoms. The lowest BCUT2D eigenvalue weighted by atomic mass is 10.3. The highest BCUT2D eigenvalue weighted by Gasteiger charge is 2.14. The maximum absolute atomic E-state index is 5.61. The topological polar surface area (TPSA) is 51.0 Å². The Morgan fingerprint density at radius 2 is 2.25 bits per heavy atom. The molecule has 16 heavy (non-hydrogen) atoms. The van der Waals surface area contributed by atoms with Crippen molar-refractivity contribution in [1.29, 1.82) is 0 Å². The molecule has 0 aliphatic heterocycles. The summed E-state index contributed by atoms with van der Waals surface area (Å²) in [5.74, 6) is 1.24. The number of nitrogens with one attached hydrogen (secondary N) is 1. The van der Waals surface area contributed by atoms with Crippen LogP contribution in [0.2, 0.25) is 0 Å². The van der Waals surface area contributed by atoms with Crippen molar-refractivity contribution in [2.24, 2.45) is 0 Å². The lowest BCUT2D eigenvalue weighted by Gasteiger charge is -2.01. The third-order valence-corrected chi connectivity index (χ3v) is 3.68. The molecule has 0 spiro atoms. The van der Waals surface area contributed by atoms with Crippen LogP contribution in [-0.4, -0.2) is 17.2 Å². The Labute approximate surface area is 98.7 Å². The fourth-order valence-electron chi connectivity index (χ4n) is 1.32. The first kappa shape index (κ1) is 11.3. The molecule has 5 heteroatoms. The van der Waals surface area contributed by atoms with Gasteiger partial charge in [0.2, 0.25) is 5.89 Å². The molecule has 1 atom stereocenters. The summed E-state index contributed by atoms with van der Waals surface area (Å²) in [6, 6.07) is 4.22. The number of hydrogen-bond donors (Lipinski definition) is 1. The molecule has 0 saturated heterocycles. The zero-order chi connectivity index (χ0) is 11.5. The lowest BCUT2D eigenvalue weighted by Crippen LogP contribution is -2.12. The standard InChI is InChI=1S/C11H15N3OS/c1-4-8-5-6-9(16-8)11-14-13-10(15-11)7(2)12-3/h5-7,12H,4H2,1-3H3. The summed E-state index contributed by atoms with van der Waals surface area (Å²) >= 11 is 1.70. The van der Waals surface area contributed by atoms with E-state index in [1.165, 1.54) is 4.88 Å². The molecule has 0 aliphatic carbocycles. The van der Waals surface area contributed by atoms with Crippen molar-refractivity contribution in [1.82, 2.24) is 15.5 Å². The van der Waals surface area contributed by atoms with Crippen molar-refractivity contribution in [3.8, 4) is 10.8 Å². The Hall–Kier alpha value is -1.20. The van der Waals surface area contributed by atoms with Gasteiger partial charge in [-0.05, 0) is 32.5 Å². The smallest absolute Gasteiger partial charge is 0.257 e. The van der Waals surface area contributed by atoms with Gasteiger partial charge in [-0.25, -0.2) is 0 Å². The van der Waals surface area contributed by atoms with Crippen molar-refractivity contribution in [3.63, 3.8) is 0 Å². The summed E-state index contributed by atoms with van der Waals surface area (Å²) in [6.07, 6.45) is 1.04. The Balaban J connectivity index is 2.24. The Morgan fingerprint density at radius 1 is 1.44 bits per heavy atom. The van der Waals surface area contributed by atoms with Gasteiger partial charge in [0.05, 0.1) is 10.9 Å². The van der Waals surface area contributed by atoms with Crippen molar-refractivity contribution in [2.75, 3.05) is 7.05 Å². The maximum Gasteiger partial charge on any atom is 0.257 e. The van der Waals surface area contributed by atoms with E-state index in [0.717, 1.165) is 11.3 Å². The molecule has 0 amide bonds. The van der Waals surface area contributed by atoms with E-state index in [-0.39, 0.29) is 6.04 Å². The molecule has 2 rings (SSSR count). The highest BCUT2D eigenvalue weighted by atomic mass is 32.1. The molecule has 0 fully saturated rings. The van der Waals surface area contributed by atoms with E-state index in [4.69, 9.17) is 4.42 Å². The molecule has 4 nitrogen and oxygen atoms in total. The van der Waals surface area contributed by atoms with Gasteiger partial charge in [0.1, 0.15) is 0 Å². The van der Waals surface area contributed by atoms with E-state index >= 15 is 0 Å². The van der Waals surface area contributed by atoms with Crippen LogP contribution >= 0.6 is 11.3 Å². The van der Waals surface area contributed by atoms with Gasteiger partial charge in [0.25, 0.3) is 5.89 Å². The van der Waals surface area contributed by atoms with Gasteiger partial charge >= 0.3 is 0 Å². The number of rotatable bonds is 4. The highest BCUT2D eigenvalue weighted by Crippen LogP contribution is 2.28. The van der Waals surface area contributed by atoms with Crippen LogP contribution in [-0.2, 0) is 6.42 Å². The van der Waals surface area contributed by atoms with E-state index in [9.17, 15) is 0 Å².